The third-order valence-electron chi connectivity index (χ3n) is 1.21. The summed E-state index contributed by atoms with van der Waals surface area (Å²) in [5.74, 6) is 0. The summed E-state index contributed by atoms with van der Waals surface area (Å²) < 4.78 is 11.9. The van der Waals surface area contributed by atoms with Crippen LogP contribution in [0.25, 0.3) is 0 Å². The Morgan fingerprint density at radius 3 is 2.91 bits per heavy atom. The second-order valence-corrected chi connectivity index (χ2v) is 3.10. The van der Waals surface area contributed by atoms with E-state index < -0.39 is 12.8 Å². The van der Waals surface area contributed by atoms with Crippen molar-refractivity contribution in [3.8, 4) is 6.07 Å². The fraction of sp³-hybridized carbons (Fsp3) is 0.286. The van der Waals surface area contributed by atoms with E-state index in [9.17, 15) is 4.39 Å². The maximum atomic E-state index is 11.9. The number of aliphatic hydroxyl groups excluding tert-OH is 1. The zero-order valence-electron chi connectivity index (χ0n) is 5.62. The van der Waals surface area contributed by atoms with Crippen molar-refractivity contribution in [3.63, 3.8) is 0 Å². The zero-order valence-corrected chi connectivity index (χ0v) is 6.44. The molecule has 0 aliphatic rings. The molecule has 0 saturated carbocycles. The molecule has 1 aromatic heterocycles. The van der Waals surface area contributed by atoms with Crippen LogP contribution in [0.15, 0.2) is 12.1 Å². The van der Waals surface area contributed by atoms with Crippen molar-refractivity contribution in [2.24, 2.45) is 0 Å². The van der Waals surface area contributed by atoms with Gasteiger partial charge in [0.15, 0.2) is 0 Å². The minimum Gasteiger partial charge on any atom is -0.385 e. The lowest BCUT2D eigenvalue weighted by atomic mass is 10.3. The van der Waals surface area contributed by atoms with Crippen molar-refractivity contribution in [2.45, 2.75) is 6.10 Å². The molecular formula is C7H6FNOS. The van der Waals surface area contributed by atoms with Gasteiger partial charge in [-0.3, -0.25) is 0 Å². The predicted octanol–water partition coefficient (Wildman–Crippen LogP) is 1.62. The van der Waals surface area contributed by atoms with Crippen LogP contribution in [0.2, 0.25) is 0 Å². The van der Waals surface area contributed by atoms with Crippen LogP contribution in [-0.4, -0.2) is 11.8 Å². The third-order valence-corrected chi connectivity index (χ3v) is 2.30. The Morgan fingerprint density at radius 2 is 2.45 bits per heavy atom. The lowest BCUT2D eigenvalue weighted by Crippen LogP contribution is -1.94. The van der Waals surface area contributed by atoms with E-state index >= 15 is 0 Å². The number of hydrogen-bond donors (Lipinski definition) is 1. The predicted molar refractivity (Wildman–Crippen MR) is 40.0 cm³/mol. The molecule has 0 saturated heterocycles. The van der Waals surface area contributed by atoms with Gasteiger partial charge in [-0.05, 0) is 12.1 Å². The van der Waals surface area contributed by atoms with Crippen LogP contribution in [0.3, 0.4) is 0 Å². The molecule has 1 aromatic rings. The second-order valence-electron chi connectivity index (χ2n) is 1.98. The van der Waals surface area contributed by atoms with Crippen LogP contribution in [-0.2, 0) is 0 Å². The Balaban J connectivity index is 2.82. The number of nitrogens with zero attached hydrogens (tertiary/aromatic N) is 1. The highest BCUT2D eigenvalue weighted by atomic mass is 32.1. The summed E-state index contributed by atoms with van der Waals surface area (Å²) in [6, 6.07) is 5.04. The summed E-state index contributed by atoms with van der Waals surface area (Å²) in [6.07, 6.45) is -1.07. The Kier molecular flexibility index (Phi) is 2.58. The van der Waals surface area contributed by atoms with Gasteiger partial charge in [0.2, 0.25) is 0 Å². The smallest absolute Gasteiger partial charge is 0.120 e. The van der Waals surface area contributed by atoms with E-state index in [0.29, 0.717) is 9.75 Å². The van der Waals surface area contributed by atoms with E-state index in [-0.39, 0.29) is 0 Å². The van der Waals surface area contributed by atoms with E-state index in [1.165, 1.54) is 0 Å². The first kappa shape index (κ1) is 8.18. The summed E-state index contributed by atoms with van der Waals surface area (Å²) in [5.41, 5.74) is 0. The monoisotopic (exact) mass is 171 g/mol. The average molecular weight is 171 g/mol. The van der Waals surface area contributed by atoms with E-state index in [4.69, 9.17) is 10.4 Å². The van der Waals surface area contributed by atoms with Crippen molar-refractivity contribution in [1.82, 2.24) is 0 Å². The molecule has 0 aliphatic heterocycles. The first-order chi connectivity index (χ1) is 5.27. The van der Waals surface area contributed by atoms with Gasteiger partial charge in [0.05, 0.1) is 0 Å². The van der Waals surface area contributed by atoms with Crippen molar-refractivity contribution in [2.75, 3.05) is 6.67 Å². The molecule has 0 fully saturated rings. The molecule has 1 atom stereocenters. The molecule has 0 aromatic carbocycles. The van der Waals surface area contributed by atoms with Crippen molar-refractivity contribution in [1.29, 1.82) is 5.26 Å². The molecule has 1 rings (SSSR count). The van der Waals surface area contributed by atoms with E-state index in [2.05, 4.69) is 0 Å². The van der Waals surface area contributed by atoms with E-state index in [1.807, 2.05) is 6.07 Å². The average Bonchev–Trinajstić information content (AvgIpc) is 2.50. The van der Waals surface area contributed by atoms with Crippen molar-refractivity contribution < 1.29 is 9.50 Å². The number of aliphatic hydroxyl groups is 1. The molecule has 0 bridgehead atoms. The Labute approximate surface area is 67.5 Å². The van der Waals surface area contributed by atoms with Crippen LogP contribution >= 0.6 is 11.3 Å². The zero-order chi connectivity index (χ0) is 8.27. The molecular weight excluding hydrogens is 165 g/mol. The second kappa shape index (κ2) is 3.46. The number of thiophene rings is 1. The lowest BCUT2D eigenvalue weighted by molar-refractivity contribution is 0.145. The maximum Gasteiger partial charge on any atom is 0.120 e. The van der Waals surface area contributed by atoms with Crippen LogP contribution in [0.1, 0.15) is 15.9 Å². The standard InChI is InChI=1S/C7H6FNOS/c8-3-6(10)7-2-1-5(4-9)11-7/h1-2,6,10H,3H2. The van der Waals surface area contributed by atoms with E-state index in [0.717, 1.165) is 11.3 Å². The summed E-state index contributed by atoms with van der Waals surface area (Å²) in [4.78, 5) is 0.997. The molecule has 0 radical (unpaired) electrons. The minimum absolute atomic E-state index is 0.493. The fourth-order valence-electron chi connectivity index (χ4n) is 0.668. The highest BCUT2D eigenvalue weighted by Gasteiger charge is 2.08. The summed E-state index contributed by atoms with van der Waals surface area (Å²) in [6.45, 7) is -0.800. The molecule has 11 heavy (non-hydrogen) atoms. The first-order valence-electron chi connectivity index (χ1n) is 3.01. The highest BCUT2D eigenvalue weighted by molar-refractivity contribution is 7.12. The Morgan fingerprint density at radius 1 is 1.73 bits per heavy atom. The number of hydrogen-bond acceptors (Lipinski definition) is 3. The highest BCUT2D eigenvalue weighted by Crippen LogP contribution is 2.22. The van der Waals surface area contributed by atoms with Gasteiger partial charge in [-0.1, -0.05) is 0 Å². The molecule has 1 heterocycles. The third kappa shape index (κ3) is 1.76. The SMILES string of the molecule is N#Cc1ccc(C(O)CF)s1. The van der Waals surface area contributed by atoms with Gasteiger partial charge in [0, 0.05) is 4.88 Å². The Bertz CT molecular complexity index is 278. The lowest BCUT2D eigenvalue weighted by Gasteiger charge is -1.99. The van der Waals surface area contributed by atoms with Gasteiger partial charge in [-0.2, -0.15) is 5.26 Å². The molecule has 1 unspecified atom stereocenters. The van der Waals surface area contributed by atoms with Gasteiger partial charge < -0.3 is 5.11 Å². The van der Waals surface area contributed by atoms with Crippen LogP contribution in [0, 0.1) is 11.3 Å². The largest absolute Gasteiger partial charge is 0.385 e. The minimum atomic E-state index is -1.07. The van der Waals surface area contributed by atoms with Gasteiger partial charge in [-0.25, -0.2) is 4.39 Å². The summed E-state index contributed by atoms with van der Waals surface area (Å²) >= 11 is 1.11. The topological polar surface area (TPSA) is 44.0 Å². The molecule has 0 spiro atoms. The van der Waals surface area contributed by atoms with E-state index in [1.54, 1.807) is 12.1 Å². The van der Waals surface area contributed by atoms with Crippen LogP contribution in [0.4, 0.5) is 4.39 Å². The molecule has 2 nitrogen and oxygen atoms in total. The van der Waals surface area contributed by atoms with Crippen LogP contribution < -0.4 is 0 Å². The number of nitriles is 1. The fourth-order valence-corrected chi connectivity index (χ4v) is 1.44. The number of rotatable bonds is 2. The van der Waals surface area contributed by atoms with Gasteiger partial charge in [0.25, 0.3) is 0 Å². The number of alkyl halides is 1. The molecule has 58 valence electrons. The van der Waals surface area contributed by atoms with Crippen molar-refractivity contribution >= 4 is 11.3 Å². The number of halogens is 1. The van der Waals surface area contributed by atoms with Crippen LogP contribution in [0.5, 0.6) is 0 Å². The maximum absolute atomic E-state index is 11.9. The van der Waals surface area contributed by atoms with Gasteiger partial charge in [0.1, 0.15) is 23.7 Å². The quantitative estimate of drug-likeness (QED) is 0.734. The van der Waals surface area contributed by atoms with Gasteiger partial charge >= 0.3 is 0 Å². The van der Waals surface area contributed by atoms with Gasteiger partial charge in [-0.15, -0.1) is 11.3 Å². The molecule has 0 amide bonds. The summed E-state index contributed by atoms with van der Waals surface area (Å²) in [7, 11) is 0. The van der Waals surface area contributed by atoms with Crippen molar-refractivity contribution in [3.05, 3.63) is 21.9 Å². The molecule has 1 N–H and O–H groups in total. The normalized spacial score (nSPS) is 12.5. The molecule has 4 heteroatoms. The molecule has 0 aliphatic carbocycles. The summed E-state index contributed by atoms with van der Waals surface area (Å²) in [5, 5.41) is 17.4. The Hall–Kier alpha value is -0.920. The first-order valence-corrected chi connectivity index (χ1v) is 3.83.